The van der Waals surface area contributed by atoms with Crippen LogP contribution in [0.25, 0.3) is 0 Å². The highest BCUT2D eigenvalue weighted by Gasteiger charge is 2.50. The van der Waals surface area contributed by atoms with Crippen LogP contribution < -0.4 is 4.74 Å². The SMILES string of the molecule is C=CC(=O)N1CCC2(C1)CN(C(=O)c1ccc(OC(C)C)c(Cl)c1)C2. The molecule has 2 amide bonds. The van der Waals surface area contributed by atoms with Crippen LogP contribution in [-0.2, 0) is 4.79 Å². The highest BCUT2D eigenvalue weighted by molar-refractivity contribution is 6.32. The first-order valence-electron chi connectivity index (χ1n) is 8.50. The second-order valence-electron chi connectivity index (χ2n) is 7.19. The molecule has 1 spiro atoms. The van der Waals surface area contributed by atoms with Crippen LogP contribution >= 0.6 is 11.6 Å². The van der Waals surface area contributed by atoms with Crippen LogP contribution in [0.4, 0.5) is 0 Å². The summed E-state index contributed by atoms with van der Waals surface area (Å²) in [5.41, 5.74) is 0.603. The molecule has 0 radical (unpaired) electrons. The predicted octanol–water partition coefficient (Wildman–Crippen LogP) is 2.99. The molecule has 2 fully saturated rings. The average molecular weight is 363 g/mol. The third-order valence-electron chi connectivity index (χ3n) is 4.81. The molecule has 2 aliphatic rings. The fourth-order valence-electron chi connectivity index (χ4n) is 3.58. The third kappa shape index (κ3) is 3.52. The van der Waals surface area contributed by atoms with Gasteiger partial charge >= 0.3 is 0 Å². The van der Waals surface area contributed by atoms with E-state index >= 15 is 0 Å². The van der Waals surface area contributed by atoms with Crippen molar-refractivity contribution in [1.29, 1.82) is 0 Å². The number of likely N-dealkylation sites (tertiary alicyclic amines) is 2. The molecule has 0 aromatic heterocycles. The molecule has 2 saturated heterocycles. The fourth-order valence-corrected chi connectivity index (χ4v) is 3.81. The van der Waals surface area contributed by atoms with Gasteiger partial charge in [-0.2, -0.15) is 0 Å². The fraction of sp³-hybridized carbons (Fsp3) is 0.474. The quantitative estimate of drug-likeness (QED) is 0.774. The second-order valence-corrected chi connectivity index (χ2v) is 7.59. The minimum Gasteiger partial charge on any atom is -0.489 e. The Labute approximate surface area is 153 Å². The van der Waals surface area contributed by atoms with Crippen LogP contribution in [0.2, 0.25) is 5.02 Å². The molecule has 0 aliphatic carbocycles. The summed E-state index contributed by atoms with van der Waals surface area (Å²) in [5.74, 6) is 0.522. The Hall–Kier alpha value is -2.01. The van der Waals surface area contributed by atoms with Gasteiger partial charge in [-0.3, -0.25) is 9.59 Å². The number of rotatable bonds is 4. The number of halogens is 1. The highest BCUT2D eigenvalue weighted by Crippen LogP contribution is 2.40. The predicted molar refractivity (Wildman–Crippen MR) is 96.9 cm³/mol. The second kappa shape index (κ2) is 6.71. The van der Waals surface area contributed by atoms with Crippen LogP contribution in [0.3, 0.4) is 0 Å². The van der Waals surface area contributed by atoms with E-state index in [9.17, 15) is 9.59 Å². The normalized spacial score (nSPS) is 18.4. The Balaban J connectivity index is 1.62. The van der Waals surface area contributed by atoms with Gasteiger partial charge in [-0.15, -0.1) is 0 Å². The first-order valence-corrected chi connectivity index (χ1v) is 8.88. The van der Waals surface area contributed by atoms with Crippen LogP contribution in [-0.4, -0.2) is 53.9 Å². The lowest BCUT2D eigenvalue weighted by molar-refractivity contribution is -0.125. The number of nitrogens with zero attached hydrogens (tertiary/aromatic N) is 2. The van der Waals surface area contributed by atoms with Gasteiger partial charge in [-0.1, -0.05) is 18.2 Å². The van der Waals surface area contributed by atoms with Crippen molar-refractivity contribution in [2.24, 2.45) is 5.41 Å². The Morgan fingerprint density at radius 3 is 2.56 bits per heavy atom. The third-order valence-corrected chi connectivity index (χ3v) is 5.10. The lowest BCUT2D eigenvalue weighted by atomic mass is 9.78. The Morgan fingerprint density at radius 2 is 1.96 bits per heavy atom. The summed E-state index contributed by atoms with van der Waals surface area (Å²) >= 11 is 6.22. The molecular weight excluding hydrogens is 340 g/mol. The molecule has 0 N–H and O–H groups in total. The summed E-state index contributed by atoms with van der Waals surface area (Å²) in [7, 11) is 0. The van der Waals surface area contributed by atoms with Crippen LogP contribution in [0.5, 0.6) is 5.75 Å². The number of hydrogen-bond donors (Lipinski definition) is 0. The average Bonchev–Trinajstić information content (AvgIpc) is 2.99. The van der Waals surface area contributed by atoms with Crippen molar-refractivity contribution in [1.82, 2.24) is 9.80 Å². The van der Waals surface area contributed by atoms with E-state index in [1.54, 1.807) is 18.2 Å². The Bertz CT molecular complexity index is 711. The zero-order valence-electron chi connectivity index (χ0n) is 14.6. The molecule has 2 aliphatic heterocycles. The summed E-state index contributed by atoms with van der Waals surface area (Å²) in [6, 6.07) is 5.15. The molecule has 134 valence electrons. The van der Waals surface area contributed by atoms with Crippen molar-refractivity contribution >= 4 is 23.4 Å². The van der Waals surface area contributed by atoms with Gasteiger partial charge in [0.15, 0.2) is 0 Å². The van der Waals surface area contributed by atoms with Crippen molar-refractivity contribution in [3.8, 4) is 5.75 Å². The van der Waals surface area contributed by atoms with Crippen molar-refractivity contribution in [2.75, 3.05) is 26.2 Å². The maximum absolute atomic E-state index is 12.7. The van der Waals surface area contributed by atoms with E-state index in [0.29, 0.717) is 36.0 Å². The van der Waals surface area contributed by atoms with E-state index in [2.05, 4.69) is 6.58 Å². The number of carbonyl (C=O) groups excluding carboxylic acids is 2. The topological polar surface area (TPSA) is 49.9 Å². The van der Waals surface area contributed by atoms with Gasteiger partial charge in [0, 0.05) is 37.2 Å². The molecule has 0 atom stereocenters. The number of carbonyl (C=O) groups is 2. The van der Waals surface area contributed by atoms with Crippen LogP contribution in [0.1, 0.15) is 30.6 Å². The molecular formula is C19H23ClN2O3. The standard InChI is InChI=1S/C19H23ClN2O3/c1-4-17(23)21-8-7-19(10-21)11-22(12-19)18(24)14-5-6-16(15(20)9-14)25-13(2)3/h4-6,9,13H,1,7-8,10-12H2,2-3H3. The zero-order valence-corrected chi connectivity index (χ0v) is 15.4. The largest absolute Gasteiger partial charge is 0.489 e. The van der Waals surface area contributed by atoms with Gasteiger partial charge in [0.2, 0.25) is 5.91 Å². The van der Waals surface area contributed by atoms with E-state index in [1.807, 2.05) is 23.6 Å². The molecule has 1 aromatic carbocycles. The maximum Gasteiger partial charge on any atom is 0.253 e. The molecule has 0 unspecified atom stereocenters. The number of benzene rings is 1. The molecule has 3 rings (SSSR count). The smallest absolute Gasteiger partial charge is 0.253 e. The minimum absolute atomic E-state index is 0.0258. The summed E-state index contributed by atoms with van der Waals surface area (Å²) < 4.78 is 5.60. The first-order chi connectivity index (χ1) is 11.8. The van der Waals surface area contributed by atoms with E-state index in [1.165, 1.54) is 6.08 Å². The van der Waals surface area contributed by atoms with Gasteiger partial charge in [0.1, 0.15) is 5.75 Å². The number of hydrogen-bond acceptors (Lipinski definition) is 3. The molecule has 6 heteroatoms. The Morgan fingerprint density at radius 1 is 1.28 bits per heavy atom. The van der Waals surface area contributed by atoms with E-state index in [4.69, 9.17) is 16.3 Å². The maximum atomic E-state index is 12.7. The minimum atomic E-state index is -0.0332. The molecule has 2 heterocycles. The van der Waals surface area contributed by atoms with Crippen LogP contribution in [0, 0.1) is 5.41 Å². The Kier molecular flexibility index (Phi) is 4.78. The summed E-state index contributed by atoms with van der Waals surface area (Å²) in [5, 5.41) is 0.443. The van der Waals surface area contributed by atoms with Crippen molar-refractivity contribution in [2.45, 2.75) is 26.4 Å². The van der Waals surface area contributed by atoms with E-state index < -0.39 is 0 Å². The van der Waals surface area contributed by atoms with Crippen molar-refractivity contribution < 1.29 is 14.3 Å². The van der Waals surface area contributed by atoms with Crippen molar-refractivity contribution in [3.05, 3.63) is 41.4 Å². The summed E-state index contributed by atoms with van der Waals surface area (Å²) in [6.45, 7) is 10.2. The monoisotopic (exact) mass is 362 g/mol. The summed E-state index contributed by atoms with van der Waals surface area (Å²) in [4.78, 5) is 28.0. The molecule has 0 bridgehead atoms. The van der Waals surface area contributed by atoms with Gasteiger partial charge < -0.3 is 14.5 Å². The lowest BCUT2D eigenvalue weighted by Gasteiger charge is -2.48. The van der Waals surface area contributed by atoms with E-state index in [-0.39, 0.29) is 23.3 Å². The number of amides is 2. The lowest BCUT2D eigenvalue weighted by Crippen LogP contribution is -2.59. The van der Waals surface area contributed by atoms with Gasteiger partial charge in [-0.05, 0) is 44.5 Å². The van der Waals surface area contributed by atoms with Crippen molar-refractivity contribution in [3.63, 3.8) is 0 Å². The van der Waals surface area contributed by atoms with Crippen LogP contribution in [0.15, 0.2) is 30.9 Å². The van der Waals surface area contributed by atoms with Gasteiger partial charge in [-0.25, -0.2) is 0 Å². The highest BCUT2D eigenvalue weighted by atomic mass is 35.5. The van der Waals surface area contributed by atoms with Gasteiger partial charge in [0.05, 0.1) is 11.1 Å². The summed E-state index contributed by atoms with van der Waals surface area (Å²) in [6.07, 6.45) is 2.31. The molecule has 25 heavy (non-hydrogen) atoms. The van der Waals surface area contributed by atoms with E-state index in [0.717, 1.165) is 13.0 Å². The van der Waals surface area contributed by atoms with Gasteiger partial charge in [0.25, 0.3) is 5.91 Å². The first kappa shape index (κ1) is 17.8. The number of ether oxygens (including phenoxy) is 1. The molecule has 5 nitrogen and oxygen atoms in total. The zero-order chi connectivity index (χ0) is 18.2. The molecule has 1 aromatic rings. The molecule has 0 saturated carbocycles.